The van der Waals surface area contributed by atoms with Crippen LogP contribution in [0.1, 0.15) is 47.5 Å². The van der Waals surface area contributed by atoms with Gasteiger partial charge in [-0.25, -0.2) is 0 Å². The summed E-state index contributed by atoms with van der Waals surface area (Å²) in [5.74, 6) is 0.319. The quantitative estimate of drug-likeness (QED) is 0.772. The van der Waals surface area contributed by atoms with Crippen molar-refractivity contribution in [2.75, 3.05) is 32.7 Å². The fourth-order valence-corrected chi connectivity index (χ4v) is 2.42. The lowest BCUT2D eigenvalue weighted by atomic mass is 10.0. The van der Waals surface area contributed by atoms with Gasteiger partial charge in [0, 0.05) is 44.2 Å². The van der Waals surface area contributed by atoms with Crippen LogP contribution in [0, 0.1) is 0 Å². The number of amides is 1. The van der Waals surface area contributed by atoms with Crippen molar-refractivity contribution >= 4 is 5.91 Å². The van der Waals surface area contributed by atoms with Gasteiger partial charge in [-0.15, -0.1) is 0 Å². The van der Waals surface area contributed by atoms with Gasteiger partial charge in [0.1, 0.15) is 0 Å². The summed E-state index contributed by atoms with van der Waals surface area (Å²) in [6.07, 6.45) is 1.62. The summed E-state index contributed by atoms with van der Waals surface area (Å²) in [6.45, 7) is 15.7. The first-order valence-corrected chi connectivity index (χ1v) is 7.57. The van der Waals surface area contributed by atoms with Crippen LogP contribution in [0.2, 0.25) is 0 Å². The van der Waals surface area contributed by atoms with Crippen molar-refractivity contribution in [2.45, 2.75) is 59.0 Å². The highest BCUT2D eigenvalue weighted by Crippen LogP contribution is 2.16. The van der Waals surface area contributed by atoms with Crippen LogP contribution in [0.5, 0.6) is 0 Å². The number of piperazine rings is 1. The molecular weight excluding hydrogens is 238 g/mol. The highest BCUT2D eigenvalue weighted by Gasteiger charge is 2.27. The Bertz CT molecular complexity index is 276. The van der Waals surface area contributed by atoms with Gasteiger partial charge in [0.05, 0.1) is 0 Å². The molecule has 4 nitrogen and oxygen atoms in total. The topological polar surface area (TPSA) is 35.6 Å². The van der Waals surface area contributed by atoms with E-state index in [1.54, 1.807) is 0 Å². The van der Waals surface area contributed by atoms with Crippen molar-refractivity contribution in [3.8, 4) is 0 Å². The van der Waals surface area contributed by atoms with E-state index in [0.717, 1.165) is 39.1 Å². The van der Waals surface area contributed by atoms with Crippen molar-refractivity contribution in [1.29, 1.82) is 0 Å². The number of hydrogen-bond donors (Lipinski definition) is 1. The molecule has 1 fully saturated rings. The Morgan fingerprint density at radius 3 is 2.21 bits per heavy atom. The Hall–Kier alpha value is -0.610. The molecule has 0 aromatic carbocycles. The van der Waals surface area contributed by atoms with Crippen molar-refractivity contribution in [2.24, 2.45) is 0 Å². The van der Waals surface area contributed by atoms with Crippen molar-refractivity contribution in [1.82, 2.24) is 15.1 Å². The molecule has 4 heteroatoms. The largest absolute Gasteiger partial charge is 0.340 e. The van der Waals surface area contributed by atoms with Gasteiger partial charge < -0.3 is 10.2 Å². The van der Waals surface area contributed by atoms with Crippen LogP contribution in [0.25, 0.3) is 0 Å². The molecule has 0 aromatic heterocycles. The SMILES string of the molecule is CC(C)NCCCC(=O)N1CCN(C(C)(C)C)CC1. The molecule has 1 rings (SSSR count). The number of carbonyl (C=O) groups excluding carboxylic acids is 1. The number of rotatable bonds is 5. The van der Waals surface area contributed by atoms with Gasteiger partial charge >= 0.3 is 0 Å². The first kappa shape index (κ1) is 16.4. The van der Waals surface area contributed by atoms with E-state index in [9.17, 15) is 4.79 Å². The molecule has 1 aliphatic rings. The third-order valence-electron chi connectivity index (χ3n) is 3.70. The predicted octanol–water partition coefficient (Wildman–Crippen LogP) is 1.71. The van der Waals surface area contributed by atoms with E-state index < -0.39 is 0 Å². The Labute approximate surface area is 118 Å². The molecular formula is C15H31N3O. The maximum absolute atomic E-state index is 12.1. The first-order chi connectivity index (χ1) is 8.80. The molecule has 19 heavy (non-hydrogen) atoms. The molecule has 0 radical (unpaired) electrons. The van der Waals surface area contributed by atoms with E-state index in [0.29, 0.717) is 18.4 Å². The molecule has 0 atom stereocenters. The van der Waals surface area contributed by atoms with Crippen molar-refractivity contribution in [3.05, 3.63) is 0 Å². The summed E-state index contributed by atoms with van der Waals surface area (Å²) in [5.41, 5.74) is 0.219. The van der Waals surface area contributed by atoms with E-state index in [2.05, 4.69) is 44.8 Å². The number of hydrogen-bond acceptors (Lipinski definition) is 3. The van der Waals surface area contributed by atoms with E-state index in [1.165, 1.54) is 0 Å². The monoisotopic (exact) mass is 269 g/mol. The summed E-state index contributed by atoms with van der Waals surface area (Å²) in [7, 11) is 0. The van der Waals surface area contributed by atoms with Gasteiger partial charge in [-0.3, -0.25) is 9.69 Å². The number of nitrogens with one attached hydrogen (secondary N) is 1. The minimum absolute atomic E-state index is 0.219. The summed E-state index contributed by atoms with van der Waals surface area (Å²) < 4.78 is 0. The third-order valence-corrected chi connectivity index (χ3v) is 3.70. The summed E-state index contributed by atoms with van der Waals surface area (Å²) in [6, 6.07) is 0.505. The molecule has 0 spiro atoms. The summed E-state index contributed by atoms with van der Waals surface area (Å²) >= 11 is 0. The minimum Gasteiger partial charge on any atom is -0.340 e. The molecule has 0 saturated carbocycles. The lowest BCUT2D eigenvalue weighted by Gasteiger charge is -2.42. The minimum atomic E-state index is 0.219. The van der Waals surface area contributed by atoms with Crippen LogP contribution >= 0.6 is 0 Å². The van der Waals surface area contributed by atoms with Gasteiger partial charge in [0.15, 0.2) is 0 Å². The van der Waals surface area contributed by atoms with Crippen molar-refractivity contribution in [3.63, 3.8) is 0 Å². The fraction of sp³-hybridized carbons (Fsp3) is 0.933. The lowest BCUT2D eigenvalue weighted by Crippen LogP contribution is -2.54. The Balaban J connectivity index is 2.22. The second kappa shape index (κ2) is 7.25. The van der Waals surface area contributed by atoms with Gasteiger partial charge in [-0.1, -0.05) is 13.8 Å². The van der Waals surface area contributed by atoms with Gasteiger partial charge in [-0.2, -0.15) is 0 Å². The Kier molecular flexibility index (Phi) is 6.27. The molecule has 1 heterocycles. The maximum atomic E-state index is 12.1. The highest BCUT2D eigenvalue weighted by atomic mass is 16.2. The van der Waals surface area contributed by atoms with E-state index in [-0.39, 0.29) is 5.54 Å². The van der Waals surface area contributed by atoms with Crippen LogP contribution < -0.4 is 5.32 Å². The van der Waals surface area contributed by atoms with Crippen molar-refractivity contribution < 1.29 is 4.79 Å². The Morgan fingerprint density at radius 1 is 1.16 bits per heavy atom. The van der Waals surface area contributed by atoms with Gasteiger partial charge in [-0.05, 0) is 33.7 Å². The second-order valence-electron chi connectivity index (χ2n) is 6.75. The molecule has 1 aliphatic heterocycles. The molecule has 112 valence electrons. The third kappa shape index (κ3) is 5.91. The normalized spacial score (nSPS) is 18.1. The first-order valence-electron chi connectivity index (χ1n) is 7.57. The number of carbonyl (C=O) groups is 1. The average molecular weight is 269 g/mol. The van der Waals surface area contributed by atoms with E-state index in [4.69, 9.17) is 0 Å². The molecule has 0 aromatic rings. The molecule has 1 amide bonds. The molecule has 0 aliphatic carbocycles. The zero-order valence-corrected chi connectivity index (χ0v) is 13.3. The van der Waals surface area contributed by atoms with Crippen LogP contribution in [0.15, 0.2) is 0 Å². The second-order valence-corrected chi connectivity index (χ2v) is 6.75. The zero-order chi connectivity index (χ0) is 14.5. The Morgan fingerprint density at radius 2 is 1.74 bits per heavy atom. The van der Waals surface area contributed by atoms with E-state index in [1.807, 2.05) is 4.90 Å². The fourth-order valence-electron chi connectivity index (χ4n) is 2.42. The molecule has 1 saturated heterocycles. The van der Waals surface area contributed by atoms with Crippen LogP contribution in [0.3, 0.4) is 0 Å². The average Bonchev–Trinajstić information content (AvgIpc) is 2.33. The standard InChI is InChI=1S/C15H31N3O/c1-13(2)16-8-6-7-14(19)17-9-11-18(12-10-17)15(3,4)5/h13,16H,6-12H2,1-5H3. The smallest absolute Gasteiger partial charge is 0.222 e. The highest BCUT2D eigenvalue weighted by molar-refractivity contribution is 5.76. The van der Waals surface area contributed by atoms with Gasteiger partial charge in [0.25, 0.3) is 0 Å². The molecule has 0 bridgehead atoms. The lowest BCUT2D eigenvalue weighted by molar-refractivity contribution is -0.133. The summed E-state index contributed by atoms with van der Waals surface area (Å²) in [5, 5.41) is 3.35. The maximum Gasteiger partial charge on any atom is 0.222 e. The molecule has 0 unspecified atom stereocenters. The predicted molar refractivity (Wildman–Crippen MR) is 80.3 cm³/mol. The van der Waals surface area contributed by atoms with Gasteiger partial charge in [0.2, 0.25) is 5.91 Å². The van der Waals surface area contributed by atoms with Crippen LogP contribution in [-0.2, 0) is 4.79 Å². The van der Waals surface area contributed by atoms with Crippen LogP contribution in [-0.4, -0.2) is 60.0 Å². The zero-order valence-electron chi connectivity index (χ0n) is 13.3. The van der Waals surface area contributed by atoms with Crippen LogP contribution in [0.4, 0.5) is 0 Å². The molecule has 1 N–H and O–H groups in total. The summed E-state index contributed by atoms with van der Waals surface area (Å²) in [4.78, 5) is 16.6. The van der Waals surface area contributed by atoms with E-state index >= 15 is 0 Å². The number of nitrogens with zero attached hydrogens (tertiary/aromatic N) is 2.